The molecule has 0 bridgehead atoms. The molecule has 1 amide bonds. The highest BCUT2D eigenvalue weighted by Gasteiger charge is 2.18. The van der Waals surface area contributed by atoms with Gasteiger partial charge in [0.2, 0.25) is 5.91 Å². The fourth-order valence-electron chi connectivity index (χ4n) is 2.27. The number of nitrogens with zero attached hydrogens (tertiary/aromatic N) is 5. The molecule has 1 aliphatic heterocycles. The van der Waals surface area contributed by atoms with Crippen LogP contribution < -0.4 is 0 Å². The van der Waals surface area contributed by atoms with E-state index in [9.17, 15) is 4.79 Å². The fourth-order valence-corrected chi connectivity index (χ4v) is 2.27. The van der Waals surface area contributed by atoms with Crippen molar-refractivity contribution in [1.82, 2.24) is 14.5 Å². The van der Waals surface area contributed by atoms with Crippen molar-refractivity contribution in [1.29, 1.82) is 10.5 Å². The van der Waals surface area contributed by atoms with E-state index in [4.69, 9.17) is 10.5 Å². The van der Waals surface area contributed by atoms with Crippen molar-refractivity contribution in [3.05, 3.63) is 17.7 Å². The molecule has 0 radical (unpaired) electrons. The van der Waals surface area contributed by atoms with Gasteiger partial charge >= 0.3 is 0 Å². The lowest BCUT2D eigenvalue weighted by molar-refractivity contribution is -0.131. The van der Waals surface area contributed by atoms with Crippen LogP contribution in [0, 0.1) is 22.7 Å². The molecule has 0 N–H and O–H groups in total. The van der Waals surface area contributed by atoms with Crippen molar-refractivity contribution >= 4 is 5.91 Å². The molecule has 1 aromatic rings. The smallest absolute Gasteiger partial charge is 0.242 e. The number of hydrogen-bond donors (Lipinski definition) is 0. The summed E-state index contributed by atoms with van der Waals surface area (Å²) in [5.41, 5.74) is 0.233. The third-order valence-electron chi connectivity index (χ3n) is 3.31. The third-order valence-corrected chi connectivity index (χ3v) is 3.31. The highest BCUT2D eigenvalue weighted by atomic mass is 16.2. The number of aromatic nitrogens is 2. The van der Waals surface area contributed by atoms with Crippen molar-refractivity contribution in [2.75, 3.05) is 13.1 Å². The van der Waals surface area contributed by atoms with E-state index in [-0.39, 0.29) is 23.8 Å². The van der Waals surface area contributed by atoms with Crippen molar-refractivity contribution < 1.29 is 4.79 Å². The minimum absolute atomic E-state index is 0.0136. The molecule has 0 aliphatic carbocycles. The number of carbonyl (C=O) groups excluding carboxylic acids is 1. The van der Waals surface area contributed by atoms with Crippen LogP contribution in [0.15, 0.2) is 6.33 Å². The molecule has 0 atom stereocenters. The molecule has 2 rings (SSSR count). The zero-order valence-corrected chi connectivity index (χ0v) is 10.7. The van der Waals surface area contributed by atoms with Crippen LogP contribution in [-0.4, -0.2) is 33.4 Å². The second-order valence-corrected chi connectivity index (χ2v) is 4.59. The largest absolute Gasteiger partial charge is 0.341 e. The first-order valence-corrected chi connectivity index (χ1v) is 6.39. The second kappa shape index (κ2) is 6.01. The van der Waals surface area contributed by atoms with Gasteiger partial charge in [-0.1, -0.05) is 12.8 Å². The number of nitriles is 2. The van der Waals surface area contributed by atoms with Gasteiger partial charge in [-0.05, 0) is 12.8 Å². The molecule has 1 aromatic heterocycles. The molecule has 0 saturated carbocycles. The molecule has 1 saturated heterocycles. The van der Waals surface area contributed by atoms with E-state index in [2.05, 4.69) is 4.98 Å². The molecule has 1 aliphatic rings. The van der Waals surface area contributed by atoms with Crippen LogP contribution in [0.3, 0.4) is 0 Å². The maximum absolute atomic E-state index is 12.2. The zero-order chi connectivity index (χ0) is 13.7. The van der Waals surface area contributed by atoms with E-state index in [1.165, 1.54) is 10.9 Å². The number of imidazole rings is 1. The SMILES string of the molecule is N#Cc1ncn(CC(=O)N2CCCCCC2)c1C#N. The van der Waals surface area contributed by atoms with Gasteiger partial charge in [0.15, 0.2) is 11.4 Å². The van der Waals surface area contributed by atoms with Crippen molar-refractivity contribution in [3.8, 4) is 12.1 Å². The molecular weight excluding hydrogens is 242 g/mol. The first-order chi connectivity index (χ1) is 9.26. The van der Waals surface area contributed by atoms with Crippen LogP contribution in [0.25, 0.3) is 0 Å². The summed E-state index contributed by atoms with van der Waals surface area (Å²) in [4.78, 5) is 17.8. The second-order valence-electron chi connectivity index (χ2n) is 4.59. The zero-order valence-electron chi connectivity index (χ0n) is 10.7. The molecule has 1 fully saturated rings. The van der Waals surface area contributed by atoms with Crippen molar-refractivity contribution in [2.24, 2.45) is 0 Å². The Balaban J connectivity index is 2.08. The summed E-state index contributed by atoms with van der Waals surface area (Å²) in [5, 5.41) is 17.8. The summed E-state index contributed by atoms with van der Waals surface area (Å²) in [6.07, 6.45) is 5.77. The first kappa shape index (κ1) is 13.1. The van der Waals surface area contributed by atoms with E-state index >= 15 is 0 Å². The van der Waals surface area contributed by atoms with Crippen LogP contribution in [-0.2, 0) is 11.3 Å². The third kappa shape index (κ3) is 2.92. The van der Waals surface area contributed by atoms with Crippen LogP contribution in [0.5, 0.6) is 0 Å². The lowest BCUT2D eigenvalue weighted by atomic mass is 10.2. The van der Waals surface area contributed by atoms with Gasteiger partial charge in [0.25, 0.3) is 0 Å². The van der Waals surface area contributed by atoms with Crippen LogP contribution in [0.4, 0.5) is 0 Å². The summed E-state index contributed by atoms with van der Waals surface area (Å²) in [6, 6.07) is 3.77. The van der Waals surface area contributed by atoms with Crippen LogP contribution in [0.2, 0.25) is 0 Å². The number of hydrogen-bond acceptors (Lipinski definition) is 4. The van der Waals surface area contributed by atoms with E-state index in [1.807, 2.05) is 17.0 Å². The average Bonchev–Trinajstić information content (AvgIpc) is 2.64. The van der Waals surface area contributed by atoms with Crippen LogP contribution in [0.1, 0.15) is 37.1 Å². The lowest BCUT2D eigenvalue weighted by Gasteiger charge is -2.20. The van der Waals surface area contributed by atoms with Gasteiger partial charge in [-0.25, -0.2) is 4.98 Å². The molecule has 6 nitrogen and oxygen atoms in total. The van der Waals surface area contributed by atoms with Gasteiger partial charge in [-0.3, -0.25) is 4.79 Å². The Labute approximate surface area is 111 Å². The molecule has 2 heterocycles. The predicted molar refractivity (Wildman–Crippen MR) is 66.7 cm³/mol. The van der Waals surface area contributed by atoms with E-state index in [0.29, 0.717) is 0 Å². The molecule has 98 valence electrons. The van der Waals surface area contributed by atoms with Gasteiger partial charge in [0, 0.05) is 13.1 Å². The summed E-state index contributed by atoms with van der Waals surface area (Å²) >= 11 is 0. The standard InChI is InChI=1S/C13H15N5O/c14-7-11-12(8-15)18(10-16-11)9-13(19)17-5-3-1-2-4-6-17/h10H,1-6,9H2. The van der Waals surface area contributed by atoms with Crippen molar-refractivity contribution in [3.63, 3.8) is 0 Å². The Morgan fingerprint density at radius 3 is 2.47 bits per heavy atom. The van der Waals surface area contributed by atoms with Gasteiger partial charge in [-0.15, -0.1) is 0 Å². The Kier molecular flexibility index (Phi) is 4.15. The lowest BCUT2D eigenvalue weighted by Crippen LogP contribution is -2.34. The van der Waals surface area contributed by atoms with Gasteiger partial charge in [0.05, 0.1) is 6.33 Å². The van der Waals surface area contributed by atoms with Crippen molar-refractivity contribution in [2.45, 2.75) is 32.2 Å². The molecule has 0 spiro atoms. The molecular formula is C13H15N5O. The Bertz CT molecular complexity index is 540. The summed E-state index contributed by atoms with van der Waals surface area (Å²) in [6.45, 7) is 1.64. The van der Waals surface area contributed by atoms with Gasteiger partial charge in [0.1, 0.15) is 18.7 Å². The molecule has 0 aromatic carbocycles. The number of amides is 1. The topological polar surface area (TPSA) is 85.7 Å². The predicted octanol–water partition coefficient (Wildman–Crippen LogP) is 1.03. The quantitative estimate of drug-likeness (QED) is 0.791. The van der Waals surface area contributed by atoms with Gasteiger partial charge in [-0.2, -0.15) is 10.5 Å². The average molecular weight is 257 g/mol. The molecule has 6 heteroatoms. The normalized spacial score (nSPS) is 15.4. The van der Waals surface area contributed by atoms with E-state index < -0.39 is 0 Å². The van der Waals surface area contributed by atoms with E-state index in [0.717, 1.165) is 38.8 Å². The number of likely N-dealkylation sites (tertiary alicyclic amines) is 1. The minimum atomic E-state index is -0.0136. The fraction of sp³-hybridized carbons (Fsp3) is 0.538. The first-order valence-electron chi connectivity index (χ1n) is 6.39. The van der Waals surface area contributed by atoms with Gasteiger partial charge < -0.3 is 9.47 Å². The molecule has 19 heavy (non-hydrogen) atoms. The number of carbonyl (C=O) groups is 1. The van der Waals surface area contributed by atoms with Crippen LogP contribution >= 0.6 is 0 Å². The summed E-state index contributed by atoms with van der Waals surface area (Å²) in [5.74, 6) is -0.0136. The van der Waals surface area contributed by atoms with E-state index in [1.54, 1.807) is 0 Å². The number of rotatable bonds is 2. The Hall–Kier alpha value is -2.34. The Morgan fingerprint density at radius 2 is 1.89 bits per heavy atom. The molecule has 0 unspecified atom stereocenters. The highest BCUT2D eigenvalue weighted by Crippen LogP contribution is 2.11. The Morgan fingerprint density at radius 1 is 1.21 bits per heavy atom. The highest BCUT2D eigenvalue weighted by molar-refractivity contribution is 5.76. The maximum Gasteiger partial charge on any atom is 0.242 e. The maximum atomic E-state index is 12.2. The summed E-state index contributed by atoms with van der Waals surface area (Å²) < 4.78 is 1.45. The minimum Gasteiger partial charge on any atom is -0.341 e. The monoisotopic (exact) mass is 257 g/mol. The summed E-state index contributed by atoms with van der Waals surface area (Å²) in [7, 11) is 0.